The molecule has 1 rings (SSSR count). The Balaban J connectivity index is 3.04. The number of ether oxygens (including phenoxy) is 1. The molecular weight excluding hydrogens is 219 g/mol. The third-order valence-corrected chi connectivity index (χ3v) is 3.18. The fourth-order valence-electron chi connectivity index (χ4n) is 0.923. The van der Waals surface area contributed by atoms with Crippen LogP contribution in [0.25, 0.3) is 0 Å². The first-order chi connectivity index (χ1) is 5.79. The Morgan fingerprint density at radius 2 is 2.08 bits per heavy atom. The standard InChI is InChI=1S/C9H10O2Se/c1-11-9(10)7-5-3-4-6-8(7)12-2/h3-6H,1-2H3. The molecule has 1 aromatic rings. The Bertz CT molecular complexity index is 284. The monoisotopic (exact) mass is 230 g/mol. The zero-order chi connectivity index (χ0) is 8.97. The van der Waals surface area contributed by atoms with Crippen molar-refractivity contribution in [2.75, 3.05) is 7.11 Å². The summed E-state index contributed by atoms with van der Waals surface area (Å²) in [6, 6.07) is 7.55. The van der Waals surface area contributed by atoms with Gasteiger partial charge in [0.05, 0.1) is 0 Å². The third kappa shape index (κ3) is 1.87. The first kappa shape index (κ1) is 9.30. The first-order valence-electron chi connectivity index (χ1n) is 3.51. The van der Waals surface area contributed by atoms with Crippen molar-refractivity contribution < 1.29 is 9.53 Å². The Morgan fingerprint density at radius 3 is 2.67 bits per heavy atom. The number of esters is 1. The van der Waals surface area contributed by atoms with E-state index in [2.05, 4.69) is 10.6 Å². The predicted octanol–water partition coefficient (Wildman–Crippen LogP) is 0.851. The van der Waals surface area contributed by atoms with Crippen LogP contribution in [0.5, 0.6) is 0 Å². The second kappa shape index (κ2) is 4.29. The van der Waals surface area contributed by atoms with Crippen molar-refractivity contribution in [1.29, 1.82) is 0 Å². The van der Waals surface area contributed by atoms with E-state index in [1.54, 1.807) is 6.07 Å². The zero-order valence-electron chi connectivity index (χ0n) is 7.03. The molecule has 0 heterocycles. The van der Waals surface area contributed by atoms with Gasteiger partial charge in [-0.2, -0.15) is 0 Å². The summed E-state index contributed by atoms with van der Waals surface area (Å²) in [5.74, 6) is 1.84. The van der Waals surface area contributed by atoms with Crippen molar-refractivity contribution in [2.24, 2.45) is 0 Å². The van der Waals surface area contributed by atoms with E-state index < -0.39 is 0 Å². The Labute approximate surface area is 78.1 Å². The normalized spacial score (nSPS) is 9.50. The summed E-state index contributed by atoms with van der Waals surface area (Å²) >= 11 is 0.338. The molecule has 0 aliphatic carbocycles. The minimum atomic E-state index is -0.241. The van der Waals surface area contributed by atoms with Gasteiger partial charge in [0, 0.05) is 0 Å². The molecular formula is C9H10O2Se. The van der Waals surface area contributed by atoms with Crippen LogP contribution in [0.4, 0.5) is 0 Å². The molecule has 1 aromatic carbocycles. The molecule has 0 unspecified atom stereocenters. The van der Waals surface area contributed by atoms with E-state index in [4.69, 9.17) is 0 Å². The van der Waals surface area contributed by atoms with Gasteiger partial charge < -0.3 is 0 Å². The van der Waals surface area contributed by atoms with Crippen LogP contribution >= 0.6 is 0 Å². The fraction of sp³-hybridized carbons (Fsp3) is 0.222. The maximum absolute atomic E-state index is 11.2. The number of rotatable bonds is 2. The van der Waals surface area contributed by atoms with Gasteiger partial charge in [0.2, 0.25) is 0 Å². The molecule has 0 atom stereocenters. The van der Waals surface area contributed by atoms with Gasteiger partial charge in [-0.1, -0.05) is 0 Å². The van der Waals surface area contributed by atoms with Crippen molar-refractivity contribution in [2.45, 2.75) is 5.82 Å². The Hall–Kier alpha value is -0.791. The van der Waals surface area contributed by atoms with Crippen LogP contribution in [0, 0.1) is 0 Å². The number of methoxy groups -OCH3 is 1. The van der Waals surface area contributed by atoms with Crippen LogP contribution in [0.2, 0.25) is 5.82 Å². The van der Waals surface area contributed by atoms with Crippen LogP contribution in [-0.2, 0) is 4.74 Å². The van der Waals surface area contributed by atoms with E-state index in [1.165, 1.54) is 7.11 Å². The number of hydrogen-bond acceptors (Lipinski definition) is 2. The zero-order valence-corrected chi connectivity index (χ0v) is 8.75. The average Bonchev–Trinajstić information content (AvgIpc) is 2.16. The predicted molar refractivity (Wildman–Crippen MR) is 49.0 cm³/mol. The molecule has 2 nitrogen and oxygen atoms in total. The quantitative estimate of drug-likeness (QED) is 0.555. The van der Waals surface area contributed by atoms with Crippen molar-refractivity contribution in [3.63, 3.8) is 0 Å². The fourth-order valence-corrected chi connectivity index (χ4v) is 2.15. The Morgan fingerprint density at radius 1 is 1.42 bits per heavy atom. The number of benzene rings is 1. The van der Waals surface area contributed by atoms with Gasteiger partial charge in [0.15, 0.2) is 0 Å². The molecule has 0 N–H and O–H groups in total. The average molecular weight is 229 g/mol. The van der Waals surface area contributed by atoms with Crippen molar-refractivity contribution in [3.8, 4) is 0 Å². The van der Waals surface area contributed by atoms with Crippen molar-refractivity contribution in [3.05, 3.63) is 29.8 Å². The van der Waals surface area contributed by atoms with Gasteiger partial charge in [-0.25, -0.2) is 0 Å². The summed E-state index contributed by atoms with van der Waals surface area (Å²) in [7, 11) is 1.40. The molecule has 64 valence electrons. The molecule has 0 saturated carbocycles. The van der Waals surface area contributed by atoms with Crippen LogP contribution in [-0.4, -0.2) is 28.0 Å². The molecule has 12 heavy (non-hydrogen) atoms. The minimum absolute atomic E-state index is 0.241. The molecule has 0 spiro atoms. The topological polar surface area (TPSA) is 26.3 Å². The third-order valence-electron chi connectivity index (χ3n) is 1.51. The first-order valence-corrected chi connectivity index (χ1v) is 6.08. The molecule has 0 radical (unpaired) electrons. The van der Waals surface area contributed by atoms with Gasteiger partial charge in [-0.15, -0.1) is 0 Å². The molecule has 0 saturated heterocycles. The summed E-state index contributed by atoms with van der Waals surface area (Å²) in [6.07, 6.45) is 0. The van der Waals surface area contributed by atoms with E-state index in [-0.39, 0.29) is 5.97 Å². The van der Waals surface area contributed by atoms with Crippen LogP contribution < -0.4 is 4.46 Å². The van der Waals surface area contributed by atoms with E-state index in [0.717, 1.165) is 4.46 Å². The number of carbonyl (C=O) groups is 1. The SMILES string of the molecule is COC(=O)c1ccccc1[Se]C. The summed E-state index contributed by atoms with van der Waals surface area (Å²) < 4.78 is 5.74. The summed E-state index contributed by atoms with van der Waals surface area (Å²) in [6.45, 7) is 0. The number of carbonyl (C=O) groups excluding carboxylic acids is 1. The van der Waals surface area contributed by atoms with Gasteiger partial charge >= 0.3 is 77.7 Å². The van der Waals surface area contributed by atoms with E-state index in [9.17, 15) is 4.79 Å². The summed E-state index contributed by atoms with van der Waals surface area (Å²) in [5, 5.41) is 0. The molecule has 0 fully saturated rings. The molecule has 0 bridgehead atoms. The van der Waals surface area contributed by atoms with E-state index >= 15 is 0 Å². The molecule has 0 aliphatic heterocycles. The second-order valence-corrected chi connectivity index (χ2v) is 3.97. The van der Waals surface area contributed by atoms with Gasteiger partial charge in [-0.05, 0) is 0 Å². The number of hydrogen-bond donors (Lipinski definition) is 0. The van der Waals surface area contributed by atoms with Gasteiger partial charge in [0.25, 0.3) is 0 Å². The molecule has 0 aliphatic rings. The van der Waals surface area contributed by atoms with Crippen LogP contribution in [0.3, 0.4) is 0 Å². The molecule has 3 heteroatoms. The van der Waals surface area contributed by atoms with Crippen LogP contribution in [0.15, 0.2) is 24.3 Å². The van der Waals surface area contributed by atoms with Crippen molar-refractivity contribution >= 4 is 25.4 Å². The van der Waals surface area contributed by atoms with Crippen LogP contribution in [0.1, 0.15) is 10.4 Å². The van der Waals surface area contributed by atoms with Gasteiger partial charge in [0.1, 0.15) is 0 Å². The van der Waals surface area contributed by atoms with Gasteiger partial charge in [-0.3, -0.25) is 0 Å². The molecule has 0 aromatic heterocycles. The summed E-state index contributed by atoms with van der Waals surface area (Å²) in [5.41, 5.74) is 0.697. The second-order valence-electron chi connectivity index (χ2n) is 2.19. The van der Waals surface area contributed by atoms with Crippen molar-refractivity contribution in [1.82, 2.24) is 0 Å². The molecule has 0 amide bonds. The van der Waals surface area contributed by atoms with E-state index in [0.29, 0.717) is 20.5 Å². The summed E-state index contributed by atoms with van der Waals surface area (Å²) in [4.78, 5) is 11.2. The maximum atomic E-state index is 11.2. The Kier molecular flexibility index (Phi) is 3.32. The van der Waals surface area contributed by atoms with E-state index in [1.807, 2.05) is 18.2 Å².